The molecule has 1 aliphatic rings. The number of nitrogens with two attached hydrogens (primary N) is 1. The van der Waals surface area contributed by atoms with Gasteiger partial charge in [-0.3, -0.25) is 4.68 Å². The molecule has 1 fully saturated rings. The van der Waals surface area contributed by atoms with Gasteiger partial charge < -0.3 is 10.5 Å². The molecule has 5 heteroatoms. The van der Waals surface area contributed by atoms with E-state index in [1.165, 1.54) is 6.42 Å². The van der Waals surface area contributed by atoms with E-state index in [-0.39, 0.29) is 11.6 Å². The third-order valence-electron chi connectivity index (χ3n) is 3.58. The third kappa shape index (κ3) is 2.25. The number of rotatable bonds is 5. The number of aryl methyl sites for hydroxylation is 1. The van der Waals surface area contributed by atoms with Gasteiger partial charge in [-0.1, -0.05) is 0 Å². The number of aromatic nitrogens is 3. The van der Waals surface area contributed by atoms with Gasteiger partial charge in [-0.25, -0.2) is 4.98 Å². The summed E-state index contributed by atoms with van der Waals surface area (Å²) in [4.78, 5) is 4.19. The lowest BCUT2D eigenvalue weighted by atomic mass is 9.75. The van der Waals surface area contributed by atoms with Crippen LogP contribution in [0, 0.1) is 0 Å². The quantitative estimate of drug-likeness (QED) is 0.797. The van der Waals surface area contributed by atoms with Crippen LogP contribution in [0.2, 0.25) is 0 Å². The summed E-state index contributed by atoms with van der Waals surface area (Å²) in [5, 5.41) is 4.04. The zero-order valence-corrected chi connectivity index (χ0v) is 10.0. The number of methoxy groups -OCH3 is 1. The van der Waals surface area contributed by atoms with Gasteiger partial charge in [0, 0.05) is 26.6 Å². The van der Waals surface area contributed by atoms with Crippen LogP contribution < -0.4 is 5.73 Å². The first-order valence-corrected chi connectivity index (χ1v) is 5.79. The molecule has 1 aromatic heterocycles. The minimum atomic E-state index is 0.0397. The zero-order valence-electron chi connectivity index (χ0n) is 10.0. The van der Waals surface area contributed by atoms with Crippen LogP contribution in [0.15, 0.2) is 6.33 Å². The second-order valence-electron chi connectivity index (χ2n) is 4.71. The monoisotopic (exact) mass is 224 g/mol. The average molecular weight is 224 g/mol. The Bertz CT molecular complexity index is 340. The van der Waals surface area contributed by atoms with Crippen LogP contribution in [-0.2, 0) is 18.2 Å². The van der Waals surface area contributed by atoms with Gasteiger partial charge in [-0.05, 0) is 25.7 Å². The minimum absolute atomic E-state index is 0.0397. The fourth-order valence-corrected chi connectivity index (χ4v) is 2.35. The molecule has 0 radical (unpaired) electrons. The Kier molecular flexibility index (Phi) is 3.25. The molecule has 2 N–H and O–H groups in total. The molecule has 90 valence electrons. The Balaban J connectivity index is 1.89. The maximum Gasteiger partial charge on any atom is 0.138 e. The Morgan fingerprint density at radius 2 is 2.38 bits per heavy atom. The summed E-state index contributed by atoms with van der Waals surface area (Å²) in [7, 11) is 3.68. The number of ether oxygens (including phenoxy) is 1. The summed E-state index contributed by atoms with van der Waals surface area (Å²) < 4.78 is 7.35. The third-order valence-corrected chi connectivity index (χ3v) is 3.58. The van der Waals surface area contributed by atoms with Crippen molar-refractivity contribution in [2.75, 3.05) is 7.11 Å². The molecule has 0 bridgehead atoms. The molecule has 1 unspecified atom stereocenters. The fourth-order valence-electron chi connectivity index (χ4n) is 2.35. The maximum atomic E-state index is 6.14. The normalized spacial score (nSPS) is 20.4. The lowest BCUT2D eigenvalue weighted by molar-refractivity contribution is -0.0814. The first-order valence-electron chi connectivity index (χ1n) is 5.79. The molecule has 0 spiro atoms. The molecule has 1 heterocycles. The van der Waals surface area contributed by atoms with Crippen molar-refractivity contribution in [1.82, 2.24) is 14.8 Å². The van der Waals surface area contributed by atoms with Gasteiger partial charge in [0.2, 0.25) is 0 Å². The predicted molar refractivity (Wildman–Crippen MR) is 60.9 cm³/mol. The van der Waals surface area contributed by atoms with Crippen molar-refractivity contribution in [2.24, 2.45) is 12.8 Å². The maximum absolute atomic E-state index is 6.14. The van der Waals surface area contributed by atoms with Gasteiger partial charge in [-0.2, -0.15) is 5.10 Å². The lowest BCUT2D eigenvalue weighted by Crippen LogP contribution is -2.45. The highest BCUT2D eigenvalue weighted by molar-refractivity contribution is 4.96. The molecule has 5 nitrogen and oxygen atoms in total. The molecule has 1 aromatic rings. The van der Waals surface area contributed by atoms with Crippen LogP contribution in [0.25, 0.3) is 0 Å². The Labute approximate surface area is 96.0 Å². The van der Waals surface area contributed by atoms with Crippen molar-refractivity contribution in [3.8, 4) is 0 Å². The molecule has 0 saturated heterocycles. The van der Waals surface area contributed by atoms with Crippen molar-refractivity contribution in [1.29, 1.82) is 0 Å². The summed E-state index contributed by atoms with van der Waals surface area (Å²) >= 11 is 0. The van der Waals surface area contributed by atoms with E-state index in [0.717, 1.165) is 31.5 Å². The van der Waals surface area contributed by atoms with Gasteiger partial charge >= 0.3 is 0 Å². The van der Waals surface area contributed by atoms with Crippen molar-refractivity contribution in [3.63, 3.8) is 0 Å². The van der Waals surface area contributed by atoms with E-state index in [4.69, 9.17) is 10.5 Å². The number of hydrogen-bond acceptors (Lipinski definition) is 4. The average Bonchev–Trinajstić information content (AvgIpc) is 2.58. The van der Waals surface area contributed by atoms with Crippen molar-refractivity contribution in [2.45, 2.75) is 43.7 Å². The lowest BCUT2D eigenvalue weighted by Gasteiger charge is -2.42. The second-order valence-corrected chi connectivity index (χ2v) is 4.71. The van der Waals surface area contributed by atoms with Gasteiger partial charge in [0.15, 0.2) is 0 Å². The smallest absolute Gasteiger partial charge is 0.138 e. The highest BCUT2D eigenvalue weighted by Crippen LogP contribution is 2.38. The number of nitrogens with zero attached hydrogens (tertiary/aromatic N) is 3. The molecule has 1 atom stereocenters. The van der Waals surface area contributed by atoms with Gasteiger partial charge in [0.05, 0.1) is 5.60 Å². The molecule has 16 heavy (non-hydrogen) atoms. The zero-order chi connectivity index (χ0) is 11.6. The van der Waals surface area contributed by atoms with E-state index in [1.54, 1.807) is 18.1 Å². The fraction of sp³-hybridized carbons (Fsp3) is 0.818. The van der Waals surface area contributed by atoms with E-state index in [0.29, 0.717) is 0 Å². The molecule has 0 aromatic carbocycles. The second kappa shape index (κ2) is 4.51. The molecule has 2 rings (SSSR count). The largest absolute Gasteiger partial charge is 0.378 e. The van der Waals surface area contributed by atoms with Crippen LogP contribution >= 0.6 is 0 Å². The summed E-state index contributed by atoms with van der Waals surface area (Å²) in [6.45, 7) is 0. The molecule has 0 amide bonds. The molecular weight excluding hydrogens is 204 g/mol. The van der Waals surface area contributed by atoms with Crippen LogP contribution in [0.5, 0.6) is 0 Å². The first kappa shape index (κ1) is 11.5. The standard InChI is InChI=1S/C11H20N4O/c1-15-10(13-8-14-15)6-9(12)7-11(16-2)4-3-5-11/h8-9H,3-7,12H2,1-2H3. The predicted octanol–water partition coefficient (Wildman–Crippen LogP) is 0.644. The number of hydrogen-bond donors (Lipinski definition) is 1. The summed E-state index contributed by atoms with van der Waals surface area (Å²) in [6, 6.07) is 0.100. The van der Waals surface area contributed by atoms with Crippen LogP contribution in [0.4, 0.5) is 0 Å². The first-order chi connectivity index (χ1) is 7.65. The van der Waals surface area contributed by atoms with Gasteiger partial charge in [-0.15, -0.1) is 0 Å². The summed E-state index contributed by atoms with van der Waals surface area (Å²) in [5.41, 5.74) is 6.18. The molecule has 1 saturated carbocycles. The SMILES string of the molecule is COC1(CC(N)Cc2ncnn2C)CCC1. The van der Waals surface area contributed by atoms with Crippen LogP contribution in [0.3, 0.4) is 0 Å². The Morgan fingerprint density at radius 1 is 1.62 bits per heavy atom. The Hall–Kier alpha value is -0.940. The van der Waals surface area contributed by atoms with Gasteiger partial charge in [0.25, 0.3) is 0 Å². The molecular formula is C11H20N4O. The van der Waals surface area contributed by atoms with E-state index < -0.39 is 0 Å². The molecule has 0 aliphatic heterocycles. The van der Waals surface area contributed by atoms with E-state index in [1.807, 2.05) is 7.05 Å². The highest BCUT2D eigenvalue weighted by atomic mass is 16.5. The van der Waals surface area contributed by atoms with E-state index in [9.17, 15) is 0 Å². The summed E-state index contributed by atoms with van der Waals surface area (Å²) in [5.74, 6) is 0.943. The Morgan fingerprint density at radius 3 is 2.81 bits per heavy atom. The van der Waals surface area contributed by atoms with E-state index >= 15 is 0 Å². The highest BCUT2D eigenvalue weighted by Gasteiger charge is 2.38. The van der Waals surface area contributed by atoms with E-state index in [2.05, 4.69) is 10.1 Å². The van der Waals surface area contributed by atoms with Crippen molar-refractivity contribution in [3.05, 3.63) is 12.2 Å². The van der Waals surface area contributed by atoms with Gasteiger partial charge in [0.1, 0.15) is 12.2 Å². The minimum Gasteiger partial charge on any atom is -0.378 e. The van der Waals surface area contributed by atoms with Crippen molar-refractivity contribution < 1.29 is 4.74 Å². The topological polar surface area (TPSA) is 66.0 Å². The van der Waals surface area contributed by atoms with Crippen LogP contribution in [0.1, 0.15) is 31.5 Å². The van der Waals surface area contributed by atoms with Crippen LogP contribution in [-0.4, -0.2) is 33.5 Å². The van der Waals surface area contributed by atoms with Crippen molar-refractivity contribution >= 4 is 0 Å². The molecule has 1 aliphatic carbocycles. The summed E-state index contributed by atoms with van der Waals surface area (Å²) in [6.07, 6.45) is 6.77.